The standard InChI is InChI=1S/C13H18ClN/c1-9-7-10(2)12(14)8-11(9)13-5-3-4-6-15-13/h7-8,13,15H,3-6H2,1-2H3. The maximum atomic E-state index is 6.18. The van der Waals surface area contributed by atoms with E-state index in [1.165, 1.54) is 36.0 Å². The molecule has 82 valence electrons. The molecule has 2 heteroatoms. The molecule has 0 aliphatic carbocycles. The zero-order valence-electron chi connectivity index (χ0n) is 9.44. The van der Waals surface area contributed by atoms with Crippen LogP contribution >= 0.6 is 11.6 Å². The second kappa shape index (κ2) is 4.54. The number of hydrogen-bond acceptors (Lipinski definition) is 1. The van der Waals surface area contributed by atoms with E-state index in [1.54, 1.807) is 0 Å². The van der Waals surface area contributed by atoms with Gasteiger partial charge in [0.2, 0.25) is 0 Å². The third-order valence-electron chi connectivity index (χ3n) is 3.23. The Balaban J connectivity index is 2.30. The highest BCUT2D eigenvalue weighted by molar-refractivity contribution is 6.31. The number of piperidine rings is 1. The van der Waals surface area contributed by atoms with Gasteiger partial charge in [-0.2, -0.15) is 0 Å². The van der Waals surface area contributed by atoms with E-state index in [1.807, 2.05) is 0 Å². The zero-order valence-corrected chi connectivity index (χ0v) is 10.2. The summed E-state index contributed by atoms with van der Waals surface area (Å²) < 4.78 is 0. The fraction of sp³-hybridized carbons (Fsp3) is 0.538. The van der Waals surface area contributed by atoms with Gasteiger partial charge in [0.25, 0.3) is 0 Å². The lowest BCUT2D eigenvalue weighted by Crippen LogP contribution is -2.27. The monoisotopic (exact) mass is 223 g/mol. The van der Waals surface area contributed by atoms with Crippen LogP contribution in [0.1, 0.15) is 42.0 Å². The molecule has 1 aliphatic heterocycles. The summed E-state index contributed by atoms with van der Waals surface area (Å²) in [5.74, 6) is 0. The predicted molar refractivity (Wildman–Crippen MR) is 65.5 cm³/mol. The molecule has 1 fully saturated rings. The normalized spacial score (nSPS) is 21.7. The first-order valence-corrected chi connectivity index (χ1v) is 6.06. The number of halogens is 1. The molecule has 1 heterocycles. The average Bonchev–Trinajstić information content (AvgIpc) is 2.25. The molecule has 1 aromatic rings. The molecule has 2 rings (SSSR count). The molecular formula is C13H18ClN. The Labute approximate surface area is 96.8 Å². The van der Waals surface area contributed by atoms with Crippen LogP contribution in [0.25, 0.3) is 0 Å². The molecule has 0 radical (unpaired) electrons. The molecular weight excluding hydrogens is 206 g/mol. The Morgan fingerprint density at radius 2 is 2.00 bits per heavy atom. The highest BCUT2D eigenvalue weighted by atomic mass is 35.5. The van der Waals surface area contributed by atoms with E-state index in [-0.39, 0.29) is 0 Å². The van der Waals surface area contributed by atoms with E-state index in [9.17, 15) is 0 Å². The van der Waals surface area contributed by atoms with E-state index < -0.39 is 0 Å². The second-order valence-corrected chi connectivity index (χ2v) is 4.87. The van der Waals surface area contributed by atoms with Crippen molar-refractivity contribution in [2.45, 2.75) is 39.2 Å². The molecule has 0 amide bonds. The summed E-state index contributed by atoms with van der Waals surface area (Å²) in [6, 6.07) is 4.83. The van der Waals surface area contributed by atoms with Crippen LogP contribution < -0.4 is 5.32 Å². The highest BCUT2D eigenvalue weighted by Gasteiger charge is 2.17. The number of benzene rings is 1. The first-order valence-electron chi connectivity index (χ1n) is 5.68. The summed E-state index contributed by atoms with van der Waals surface area (Å²) >= 11 is 6.18. The summed E-state index contributed by atoms with van der Waals surface area (Å²) in [6.45, 7) is 5.37. The zero-order chi connectivity index (χ0) is 10.8. The molecule has 1 saturated heterocycles. The van der Waals surface area contributed by atoms with Crippen molar-refractivity contribution in [1.29, 1.82) is 0 Å². The van der Waals surface area contributed by atoms with Gasteiger partial charge in [-0.25, -0.2) is 0 Å². The molecule has 0 aromatic heterocycles. The van der Waals surface area contributed by atoms with E-state index in [2.05, 4.69) is 31.3 Å². The molecule has 1 nitrogen and oxygen atoms in total. The van der Waals surface area contributed by atoms with Crippen LogP contribution in [0.5, 0.6) is 0 Å². The summed E-state index contributed by atoms with van der Waals surface area (Å²) in [4.78, 5) is 0. The maximum absolute atomic E-state index is 6.18. The summed E-state index contributed by atoms with van der Waals surface area (Å²) in [5.41, 5.74) is 3.91. The van der Waals surface area contributed by atoms with Crippen molar-refractivity contribution in [3.8, 4) is 0 Å². The van der Waals surface area contributed by atoms with Crippen LogP contribution in [-0.4, -0.2) is 6.54 Å². The second-order valence-electron chi connectivity index (χ2n) is 4.46. The predicted octanol–water partition coefficient (Wildman–Crippen LogP) is 3.77. The number of hydrogen-bond donors (Lipinski definition) is 1. The Bertz CT molecular complexity index is 354. The van der Waals surface area contributed by atoms with Crippen molar-refractivity contribution in [2.75, 3.05) is 6.54 Å². The van der Waals surface area contributed by atoms with Crippen LogP contribution in [0.3, 0.4) is 0 Å². The minimum absolute atomic E-state index is 0.511. The van der Waals surface area contributed by atoms with Crippen LogP contribution in [0.15, 0.2) is 12.1 Å². The van der Waals surface area contributed by atoms with Gasteiger partial charge in [-0.3, -0.25) is 0 Å². The first kappa shape index (κ1) is 11.0. The third kappa shape index (κ3) is 2.35. The Hall–Kier alpha value is -0.530. The molecule has 1 atom stereocenters. The molecule has 15 heavy (non-hydrogen) atoms. The molecule has 1 aromatic carbocycles. The van der Waals surface area contributed by atoms with Gasteiger partial charge >= 0.3 is 0 Å². The molecule has 1 N–H and O–H groups in total. The van der Waals surface area contributed by atoms with Gasteiger partial charge in [-0.15, -0.1) is 0 Å². The molecule has 1 unspecified atom stereocenters. The quantitative estimate of drug-likeness (QED) is 0.764. The van der Waals surface area contributed by atoms with Gasteiger partial charge in [0.05, 0.1) is 0 Å². The van der Waals surface area contributed by atoms with E-state index >= 15 is 0 Å². The smallest absolute Gasteiger partial charge is 0.0438 e. The lowest BCUT2D eigenvalue weighted by molar-refractivity contribution is 0.411. The van der Waals surface area contributed by atoms with Crippen LogP contribution in [0.4, 0.5) is 0 Å². The number of nitrogens with one attached hydrogen (secondary N) is 1. The number of rotatable bonds is 1. The van der Waals surface area contributed by atoms with Crippen LogP contribution in [0.2, 0.25) is 5.02 Å². The molecule has 0 spiro atoms. The minimum Gasteiger partial charge on any atom is -0.310 e. The maximum Gasteiger partial charge on any atom is 0.0438 e. The van der Waals surface area contributed by atoms with Crippen LogP contribution in [-0.2, 0) is 0 Å². The van der Waals surface area contributed by atoms with E-state index in [4.69, 9.17) is 11.6 Å². The highest BCUT2D eigenvalue weighted by Crippen LogP contribution is 2.29. The van der Waals surface area contributed by atoms with Crippen molar-refractivity contribution in [1.82, 2.24) is 5.32 Å². The van der Waals surface area contributed by atoms with Gasteiger partial charge in [0, 0.05) is 11.1 Å². The van der Waals surface area contributed by atoms with Gasteiger partial charge < -0.3 is 5.32 Å². The molecule has 0 bridgehead atoms. The van der Waals surface area contributed by atoms with E-state index in [0.717, 1.165) is 11.6 Å². The fourth-order valence-electron chi connectivity index (χ4n) is 2.33. The summed E-state index contributed by atoms with van der Waals surface area (Å²) in [6.07, 6.45) is 3.86. The van der Waals surface area contributed by atoms with Crippen molar-refractivity contribution < 1.29 is 0 Å². The van der Waals surface area contributed by atoms with E-state index in [0.29, 0.717) is 6.04 Å². The van der Waals surface area contributed by atoms with Crippen molar-refractivity contribution >= 4 is 11.6 Å². The molecule has 0 saturated carbocycles. The Kier molecular flexibility index (Phi) is 3.32. The third-order valence-corrected chi connectivity index (χ3v) is 3.64. The van der Waals surface area contributed by atoms with Crippen molar-refractivity contribution in [3.63, 3.8) is 0 Å². The van der Waals surface area contributed by atoms with Crippen LogP contribution in [0, 0.1) is 13.8 Å². The molecule has 1 aliphatic rings. The summed E-state index contributed by atoms with van der Waals surface area (Å²) in [7, 11) is 0. The van der Waals surface area contributed by atoms with Gasteiger partial charge in [0.1, 0.15) is 0 Å². The SMILES string of the molecule is Cc1cc(C)c(C2CCCCN2)cc1Cl. The van der Waals surface area contributed by atoms with Crippen molar-refractivity contribution in [3.05, 3.63) is 33.8 Å². The van der Waals surface area contributed by atoms with Crippen molar-refractivity contribution in [2.24, 2.45) is 0 Å². The minimum atomic E-state index is 0.511. The lowest BCUT2D eigenvalue weighted by atomic mass is 9.93. The Morgan fingerprint density at radius 1 is 1.20 bits per heavy atom. The van der Waals surface area contributed by atoms with Gasteiger partial charge in [0.15, 0.2) is 0 Å². The number of aryl methyl sites for hydroxylation is 2. The lowest BCUT2D eigenvalue weighted by Gasteiger charge is -2.25. The topological polar surface area (TPSA) is 12.0 Å². The first-order chi connectivity index (χ1) is 7.18. The largest absolute Gasteiger partial charge is 0.310 e. The summed E-state index contributed by atoms with van der Waals surface area (Å²) in [5, 5.41) is 4.46. The Morgan fingerprint density at radius 3 is 2.67 bits per heavy atom. The average molecular weight is 224 g/mol. The van der Waals surface area contributed by atoms with Gasteiger partial charge in [-0.1, -0.05) is 24.1 Å². The van der Waals surface area contributed by atoms with Gasteiger partial charge in [-0.05, 0) is 56.0 Å². The fourth-order valence-corrected chi connectivity index (χ4v) is 2.51.